The van der Waals surface area contributed by atoms with Gasteiger partial charge in [-0.2, -0.15) is 0 Å². The molecule has 0 saturated heterocycles. The van der Waals surface area contributed by atoms with Gasteiger partial charge in [-0.1, -0.05) is 74.5 Å². The van der Waals surface area contributed by atoms with Crippen molar-refractivity contribution in [1.82, 2.24) is 0 Å². The van der Waals surface area contributed by atoms with Gasteiger partial charge < -0.3 is 4.74 Å². The fourth-order valence-corrected chi connectivity index (χ4v) is 2.04. The van der Waals surface area contributed by atoms with E-state index >= 15 is 0 Å². The first kappa shape index (κ1) is 14.5. The van der Waals surface area contributed by atoms with Crippen molar-refractivity contribution in [3.8, 4) is 11.1 Å². The second-order valence-corrected chi connectivity index (χ2v) is 4.93. The standard InChI is InChI=1S/C19H22O/c1-3-5-14-20-15-17-8-12-19(13-9-17)18-10-6-16(4-2)7-11-18/h4,6-13H,2-3,5,14-15H2,1H3. The van der Waals surface area contributed by atoms with Crippen molar-refractivity contribution in [2.75, 3.05) is 6.61 Å². The molecular weight excluding hydrogens is 244 g/mol. The highest BCUT2D eigenvalue weighted by Crippen LogP contribution is 2.21. The van der Waals surface area contributed by atoms with Crippen LogP contribution < -0.4 is 0 Å². The molecule has 0 aromatic heterocycles. The van der Waals surface area contributed by atoms with Crippen molar-refractivity contribution >= 4 is 6.08 Å². The minimum Gasteiger partial charge on any atom is -0.377 e. The Hall–Kier alpha value is -1.86. The van der Waals surface area contributed by atoms with E-state index in [9.17, 15) is 0 Å². The maximum absolute atomic E-state index is 5.62. The van der Waals surface area contributed by atoms with E-state index in [1.165, 1.54) is 23.1 Å². The van der Waals surface area contributed by atoms with Crippen molar-refractivity contribution < 1.29 is 4.74 Å². The molecule has 0 saturated carbocycles. The van der Waals surface area contributed by atoms with Gasteiger partial charge in [0, 0.05) is 6.61 Å². The molecule has 0 unspecified atom stereocenters. The number of rotatable bonds is 7. The summed E-state index contributed by atoms with van der Waals surface area (Å²) in [7, 11) is 0. The molecule has 2 rings (SSSR count). The van der Waals surface area contributed by atoms with Gasteiger partial charge in [-0.15, -0.1) is 0 Å². The van der Waals surface area contributed by atoms with Gasteiger partial charge >= 0.3 is 0 Å². The molecule has 104 valence electrons. The quantitative estimate of drug-likeness (QED) is 0.617. The Kier molecular flexibility index (Phi) is 5.57. The Morgan fingerprint density at radius 1 is 0.950 bits per heavy atom. The highest BCUT2D eigenvalue weighted by molar-refractivity contribution is 5.65. The van der Waals surface area contributed by atoms with Crippen molar-refractivity contribution in [2.45, 2.75) is 26.4 Å². The lowest BCUT2D eigenvalue weighted by Crippen LogP contribution is -1.94. The van der Waals surface area contributed by atoms with Crippen LogP contribution in [0.1, 0.15) is 30.9 Å². The van der Waals surface area contributed by atoms with Crippen LogP contribution in [0.2, 0.25) is 0 Å². The SMILES string of the molecule is C=Cc1ccc(-c2ccc(COCCCC)cc2)cc1. The van der Waals surface area contributed by atoms with Gasteiger partial charge in [0.05, 0.1) is 6.61 Å². The van der Waals surface area contributed by atoms with E-state index in [1.54, 1.807) is 0 Å². The zero-order chi connectivity index (χ0) is 14.2. The lowest BCUT2D eigenvalue weighted by molar-refractivity contribution is 0.118. The van der Waals surface area contributed by atoms with Crippen LogP contribution in [0.4, 0.5) is 0 Å². The molecule has 0 spiro atoms. The van der Waals surface area contributed by atoms with Crippen LogP contribution in [0.25, 0.3) is 17.2 Å². The van der Waals surface area contributed by atoms with E-state index < -0.39 is 0 Å². The van der Waals surface area contributed by atoms with Crippen molar-refractivity contribution in [3.05, 3.63) is 66.2 Å². The summed E-state index contributed by atoms with van der Waals surface area (Å²) in [4.78, 5) is 0. The highest BCUT2D eigenvalue weighted by Gasteiger charge is 1.98. The molecule has 0 aliphatic carbocycles. The van der Waals surface area contributed by atoms with Gasteiger partial charge in [-0.05, 0) is 28.7 Å². The fourth-order valence-electron chi connectivity index (χ4n) is 2.04. The predicted octanol–water partition coefficient (Wildman–Crippen LogP) is 5.31. The second-order valence-electron chi connectivity index (χ2n) is 4.93. The molecule has 0 bridgehead atoms. The number of ether oxygens (including phenoxy) is 1. The predicted molar refractivity (Wildman–Crippen MR) is 86.5 cm³/mol. The molecule has 0 aliphatic rings. The van der Waals surface area contributed by atoms with Crippen LogP contribution in [0, 0.1) is 0 Å². The van der Waals surface area contributed by atoms with E-state index in [1.807, 2.05) is 6.08 Å². The molecule has 0 N–H and O–H groups in total. The van der Waals surface area contributed by atoms with E-state index in [0.29, 0.717) is 6.61 Å². The van der Waals surface area contributed by atoms with Gasteiger partial charge in [0.2, 0.25) is 0 Å². The highest BCUT2D eigenvalue weighted by atomic mass is 16.5. The van der Waals surface area contributed by atoms with Crippen LogP contribution in [0.5, 0.6) is 0 Å². The summed E-state index contributed by atoms with van der Waals surface area (Å²) in [6.07, 6.45) is 4.17. The number of hydrogen-bond acceptors (Lipinski definition) is 1. The monoisotopic (exact) mass is 266 g/mol. The Labute approximate surface area is 121 Å². The van der Waals surface area contributed by atoms with Gasteiger partial charge in [0.15, 0.2) is 0 Å². The summed E-state index contributed by atoms with van der Waals surface area (Å²) in [6.45, 7) is 7.50. The van der Waals surface area contributed by atoms with Crippen molar-refractivity contribution in [1.29, 1.82) is 0 Å². The maximum atomic E-state index is 5.62. The molecule has 0 atom stereocenters. The summed E-state index contributed by atoms with van der Waals surface area (Å²) < 4.78 is 5.62. The summed E-state index contributed by atoms with van der Waals surface area (Å²) in [5.74, 6) is 0. The minimum absolute atomic E-state index is 0.704. The van der Waals surface area contributed by atoms with Crippen LogP contribution in [0.3, 0.4) is 0 Å². The first-order valence-electron chi connectivity index (χ1n) is 7.23. The first-order chi connectivity index (χ1) is 9.83. The smallest absolute Gasteiger partial charge is 0.0716 e. The van der Waals surface area contributed by atoms with E-state index in [2.05, 4.69) is 62.0 Å². The van der Waals surface area contributed by atoms with E-state index in [4.69, 9.17) is 4.74 Å². The minimum atomic E-state index is 0.704. The van der Waals surface area contributed by atoms with Crippen molar-refractivity contribution in [2.24, 2.45) is 0 Å². The average Bonchev–Trinajstić information content (AvgIpc) is 2.52. The molecule has 20 heavy (non-hydrogen) atoms. The number of benzene rings is 2. The molecule has 1 heteroatoms. The Bertz CT molecular complexity index is 523. The van der Waals surface area contributed by atoms with E-state index in [-0.39, 0.29) is 0 Å². The zero-order valence-electron chi connectivity index (χ0n) is 12.1. The third-order valence-electron chi connectivity index (χ3n) is 3.34. The van der Waals surface area contributed by atoms with Crippen LogP contribution >= 0.6 is 0 Å². The molecule has 0 amide bonds. The van der Waals surface area contributed by atoms with Crippen LogP contribution in [-0.4, -0.2) is 6.61 Å². The van der Waals surface area contributed by atoms with Gasteiger partial charge in [-0.3, -0.25) is 0 Å². The summed E-state index contributed by atoms with van der Waals surface area (Å²) in [5, 5.41) is 0. The topological polar surface area (TPSA) is 9.23 Å². The molecule has 0 fully saturated rings. The van der Waals surface area contributed by atoms with Crippen molar-refractivity contribution in [3.63, 3.8) is 0 Å². The third kappa shape index (κ3) is 4.07. The summed E-state index contributed by atoms with van der Waals surface area (Å²) in [5.41, 5.74) is 4.84. The van der Waals surface area contributed by atoms with E-state index in [0.717, 1.165) is 18.6 Å². The van der Waals surface area contributed by atoms with Crippen LogP contribution in [0.15, 0.2) is 55.1 Å². The summed E-state index contributed by atoms with van der Waals surface area (Å²) in [6, 6.07) is 17.0. The number of unbranched alkanes of at least 4 members (excludes halogenated alkanes) is 1. The molecule has 0 radical (unpaired) electrons. The first-order valence-corrected chi connectivity index (χ1v) is 7.23. The van der Waals surface area contributed by atoms with Gasteiger partial charge in [0.1, 0.15) is 0 Å². The Morgan fingerprint density at radius 2 is 1.55 bits per heavy atom. The second kappa shape index (κ2) is 7.66. The number of hydrogen-bond donors (Lipinski definition) is 0. The lowest BCUT2D eigenvalue weighted by atomic mass is 10.0. The molecule has 2 aromatic carbocycles. The third-order valence-corrected chi connectivity index (χ3v) is 3.34. The lowest BCUT2D eigenvalue weighted by Gasteiger charge is -2.06. The maximum Gasteiger partial charge on any atom is 0.0716 e. The molecule has 0 heterocycles. The van der Waals surface area contributed by atoms with Crippen LogP contribution in [-0.2, 0) is 11.3 Å². The van der Waals surface area contributed by atoms with Gasteiger partial charge in [-0.25, -0.2) is 0 Å². The zero-order valence-corrected chi connectivity index (χ0v) is 12.1. The summed E-state index contributed by atoms with van der Waals surface area (Å²) >= 11 is 0. The Balaban J connectivity index is 1.98. The fraction of sp³-hybridized carbons (Fsp3) is 0.263. The largest absolute Gasteiger partial charge is 0.377 e. The molecular formula is C19H22O. The molecule has 0 aliphatic heterocycles. The molecule has 1 nitrogen and oxygen atoms in total. The Morgan fingerprint density at radius 3 is 2.10 bits per heavy atom. The molecule has 2 aromatic rings. The average molecular weight is 266 g/mol. The normalized spacial score (nSPS) is 10.4. The van der Waals surface area contributed by atoms with Gasteiger partial charge in [0.25, 0.3) is 0 Å².